The van der Waals surface area contributed by atoms with Crippen LogP contribution in [-0.2, 0) is 0 Å². The van der Waals surface area contributed by atoms with E-state index in [1.54, 1.807) is 0 Å². The Kier molecular flexibility index (Phi) is 4.36. The third-order valence-corrected chi connectivity index (χ3v) is 3.70. The number of hydrazine groups is 1. The molecule has 1 saturated carbocycles. The van der Waals surface area contributed by atoms with E-state index in [1.165, 1.54) is 25.7 Å². The monoisotopic (exact) mass is 249 g/mol. The average Bonchev–Trinajstić information content (AvgIpc) is 2.94. The predicted molar refractivity (Wildman–Crippen MR) is 74.6 cm³/mol. The molecule has 0 aromatic carbocycles. The highest BCUT2D eigenvalue weighted by molar-refractivity contribution is 5.43. The normalized spacial score (nSPS) is 15.9. The summed E-state index contributed by atoms with van der Waals surface area (Å²) < 4.78 is 0. The molecule has 5 nitrogen and oxygen atoms in total. The Labute approximate surface area is 109 Å². The summed E-state index contributed by atoms with van der Waals surface area (Å²) in [6.07, 6.45) is 5.08. The van der Waals surface area contributed by atoms with Crippen LogP contribution in [0.4, 0.5) is 11.8 Å². The lowest BCUT2D eigenvalue weighted by Crippen LogP contribution is -2.25. The van der Waals surface area contributed by atoms with Crippen LogP contribution in [-0.4, -0.2) is 23.1 Å². The van der Waals surface area contributed by atoms with Crippen molar-refractivity contribution in [2.45, 2.75) is 45.4 Å². The standard InChI is InChI=1S/C13H23N5/c1-3-18(4-2)13-15-11(9-12(16-13)17-14)10-7-5-6-8-10/h9-10H,3-8,14H2,1-2H3,(H,15,16,17). The van der Waals surface area contributed by atoms with Gasteiger partial charge in [0.15, 0.2) is 0 Å². The molecule has 3 N–H and O–H groups in total. The molecule has 0 atom stereocenters. The summed E-state index contributed by atoms with van der Waals surface area (Å²) in [6.45, 7) is 6.05. The summed E-state index contributed by atoms with van der Waals surface area (Å²) in [5, 5.41) is 0. The van der Waals surface area contributed by atoms with Crippen molar-refractivity contribution in [3.8, 4) is 0 Å². The lowest BCUT2D eigenvalue weighted by atomic mass is 10.0. The fourth-order valence-corrected chi connectivity index (χ4v) is 2.61. The first-order valence-electron chi connectivity index (χ1n) is 6.89. The van der Waals surface area contributed by atoms with Gasteiger partial charge in [-0.1, -0.05) is 12.8 Å². The van der Waals surface area contributed by atoms with E-state index < -0.39 is 0 Å². The number of nitrogen functional groups attached to an aromatic ring is 1. The second kappa shape index (κ2) is 6.00. The number of rotatable bonds is 5. The van der Waals surface area contributed by atoms with Gasteiger partial charge in [0.25, 0.3) is 0 Å². The minimum absolute atomic E-state index is 0.578. The molecule has 1 aromatic rings. The topological polar surface area (TPSA) is 67.1 Å². The van der Waals surface area contributed by atoms with E-state index in [4.69, 9.17) is 10.8 Å². The van der Waals surface area contributed by atoms with Crippen LogP contribution >= 0.6 is 0 Å². The Hall–Kier alpha value is -1.36. The van der Waals surface area contributed by atoms with Crippen molar-refractivity contribution in [3.63, 3.8) is 0 Å². The highest BCUT2D eigenvalue weighted by Crippen LogP contribution is 2.34. The summed E-state index contributed by atoms with van der Waals surface area (Å²) >= 11 is 0. The first kappa shape index (κ1) is 13.1. The van der Waals surface area contributed by atoms with Gasteiger partial charge in [-0.15, -0.1) is 0 Å². The summed E-state index contributed by atoms with van der Waals surface area (Å²) in [5.41, 5.74) is 3.79. The maximum atomic E-state index is 5.51. The molecule has 0 aliphatic heterocycles. The smallest absolute Gasteiger partial charge is 0.227 e. The number of anilines is 2. The van der Waals surface area contributed by atoms with E-state index in [0.717, 1.165) is 24.7 Å². The van der Waals surface area contributed by atoms with E-state index >= 15 is 0 Å². The number of nitrogens with one attached hydrogen (secondary N) is 1. The van der Waals surface area contributed by atoms with Crippen molar-refractivity contribution in [2.24, 2.45) is 5.84 Å². The minimum Gasteiger partial charge on any atom is -0.341 e. The second-order valence-corrected chi connectivity index (χ2v) is 4.78. The molecule has 18 heavy (non-hydrogen) atoms. The van der Waals surface area contributed by atoms with E-state index in [2.05, 4.69) is 29.2 Å². The molecule has 1 aliphatic carbocycles. The van der Waals surface area contributed by atoms with Crippen molar-refractivity contribution < 1.29 is 0 Å². The van der Waals surface area contributed by atoms with Gasteiger partial charge in [0, 0.05) is 25.1 Å². The first-order chi connectivity index (χ1) is 8.78. The maximum Gasteiger partial charge on any atom is 0.227 e. The lowest BCUT2D eigenvalue weighted by molar-refractivity contribution is 0.687. The molecule has 2 rings (SSSR count). The number of aromatic nitrogens is 2. The fourth-order valence-electron chi connectivity index (χ4n) is 2.61. The second-order valence-electron chi connectivity index (χ2n) is 4.78. The van der Waals surface area contributed by atoms with Gasteiger partial charge in [0.2, 0.25) is 5.95 Å². The SMILES string of the molecule is CCN(CC)c1nc(NN)cc(C2CCCC2)n1. The molecule has 0 saturated heterocycles. The molecule has 0 radical (unpaired) electrons. The van der Waals surface area contributed by atoms with Gasteiger partial charge < -0.3 is 10.3 Å². The number of nitrogens with zero attached hydrogens (tertiary/aromatic N) is 3. The molecule has 5 heteroatoms. The van der Waals surface area contributed by atoms with Crippen molar-refractivity contribution in [1.29, 1.82) is 0 Å². The van der Waals surface area contributed by atoms with Gasteiger partial charge in [-0.3, -0.25) is 0 Å². The van der Waals surface area contributed by atoms with Gasteiger partial charge in [0.1, 0.15) is 5.82 Å². The Morgan fingerprint density at radius 2 is 1.94 bits per heavy atom. The van der Waals surface area contributed by atoms with E-state index in [0.29, 0.717) is 11.7 Å². The summed E-state index contributed by atoms with van der Waals surface area (Å²) in [6, 6.07) is 1.99. The van der Waals surface area contributed by atoms with E-state index in [1.807, 2.05) is 6.07 Å². The van der Waals surface area contributed by atoms with E-state index in [-0.39, 0.29) is 0 Å². The van der Waals surface area contributed by atoms with E-state index in [9.17, 15) is 0 Å². The van der Waals surface area contributed by atoms with Crippen LogP contribution in [0.2, 0.25) is 0 Å². The highest BCUT2D eigenvalue weighted by Gasteiger charge is 2.20. The zero-order valence-corrected chi connectivity index (χ0v) is 11.3. The largest absolute Gasteiger partial charge is 0.341 e. The van der Waals surface area contributed by atoms with Crippen molar-refractivity contribution in [1.82, 2.24) is 9.97 Å². The van der Waals surface area contributed by atoms with Crippen molar-refractivity contribution in [2.75, 3.05) is 23.4 Å². The van der Waals surface area contributed by atoms with Crippen LogP contribution < -0.4 is 16.2 Å². The number of hydrogen-bond donors (Lipinski definition) is 2. The molecule has 1 heterocycles. The predicted octanol–water partition coefficient (Wildman–Crippen LogP) is 2.27. The molecule has 100 valence electrons. The Bertz CT molecular complexity index is 363. The zero-order valence-electron chi connectivity index (χ0n) is 11.3. The first-order valence-corrected chi connectivity index (χ1v) is 6.89. The molecule has 0 spiro atoms. The summed E-state index contributed by atoms with van der Waals surface area (Å²) in [5.74, 6) is 7.59. The molecule has 1 aliphatic rings. The van der Waals surface area contributed by atoms with Crippen molar-refractivity contribution >= 4 is 11.8 Å². The fraction of sp³-hybridized carbons (Fsp3) is 0.692. The lowest BCUT2D eigenvalue weighted by Gasteiger charge is -2.21. The number of hydrogen-bond acceptors (Lipinski definition) is 5. The van der Waals surface area contributed by atoms with Crippen LogP contribution in [0.5, 0.6) is 0 Å². The van der Waals surface area contributed by atoms with Gasteiger partial charge in [-0.25, -0.2) is 10.8 Å². The maximum absolute atomic E-state index is 5.51. The average molecular weight is 249 g/mol. The quantitative estimate of drug-likeness (QED) is 0.619. The van der Waals surface area contributed by atoms with Crippen molar-refractivity contribution in [3.05, 3.63) is 11.8 Å². The van der Waals surface area contributed by atoms with Crippen LogP contribution in [0.15, 0.2) is 6.07 Å². The Morgan fingerprint density at radius 1 is 1.28 bits per heavy atom. The third-order valence-electron chi connectivity index (χ3n) is 3.70. The van der Waals surface area contributed by atoms with Crippen LogP contribution in [0.3, 0.4) is 0 Å². The molecule has 1 aromatic heterocycles. The number of nitrogens with two attached hydrogens (primary N) is 1. The molecule has 0 amide bonds. The Balaban J connectivity index is 2.31. The minimum atomic E-state index is 0.578. The van der Waals surface area contributed by atoms with Gasteiger partial charge in [-0.05, 0) is 26.7 Å². The van der Waals surface area contributed by atoms with Crippen LogP contribution in [0.1, 0.15) is 51.1 Å². The molecule has 0 unspecified atom stereocenters. The summed E-state index contributed by atoms with van der Waals surface area (Å²) in [4.78, 5) is 11.3. The Morgan fingerprint density at radius 3 is 2.50 bits per heavy atom. The van der Waals surface area contributed by atoms with Crippen LogP contribution in [0, 0.1) is 0 Å². The highest BCUT2D eigenvalue weighted by atomic mass is 15.3. The molecule has 0 bridgehead atoms. The van der Waals surface area contributed by atoms with Gasteiger partial charge in [0.05, 0.1) is 5.69 Å². The molecular weight excluding hydrogens is 226 g/mol. The molecule has 1 fully saturated rings. The summed E-state index contributed by atoms with van der Waals surface area (Å²) in [7, 11) is 0. The van der Waals surface area contributed by atoms with Crippen LogP contribution in [0.25, 0.3) is 0 Å². The van der Waals surface area contributed by atoms with Gasteiger partial charge >= 0.3 is 0 Å². The zero-order chi connectivity index (χ0) is 13.0. The van der Waals surface area contributed by atoms with Gasteiger partial charge in [-0.2, -0.15) is 4.98 Å². The third kappa shape index (κ3) is 2.72. The molecular formula is C13H23N5.